The van der Waals surface area contributed by atoms with Crippen molar-refractivity contribution in [2.24, 2.45) is 0 Å². The van der Waals surface area contributed by atoms with Crippen LogP contribution in [0.1, 0.15) is 23.7 Å². The van der Waals surface area contributed by atoms with Crippen molar-refractivity contribution >= 4 is 33.9 Å². The molecule has 6 aromatic rings. The summed E-state index contributed by atoms with van der Waals surface area (Å²) in [5.74, 6) is 0.425. The summed E-state index contributed by atoms with van der Waals surface area (Å²) < 4.78 is 14.1. The van der Waals surface area contributed by atoms with Gasteiger partial charge < -0.3 is 15.6 Å². The molecule has 3 N–H and O–H groups in total. The first-order valence-electron chi connectivity index (χ1n) is 14.2. The minimum absolute atomic E-state index is 0.0692. The van der Waals surface area contributed by atoms with Gasteiger partial charge in [0.05, 0.1) is 18.3 Å². The maximum Gasteiger partial charge on any atom is 0.228 e. The van der Waals surface area contributed by atoms with Crippen molar-refractivity contribution in [3.8, 4) is 22.3 Å². The van der Waals surface area contributed by atoms with Crippen LogP contribution in [0.2, 0.25) is 0 Å². The molecule has 7 heteroatoms. The number of carbonyl (C=O) groups excluding carboxylic acids is 1. The molecule has 0 radical (unpaired) electrons. The molecule has 0 fully saturated rings. The van der Waals surface area contributed by atoms with E-state index < -0.39 is 0 Å². The largest absolute Gasteiger partial charge is 0.364 e. The Bertz CT molecular complexity index is 2010. The van der Waals surface area contributed by atoms with E-state index in [1.807, 2.05) is 66.9 Å². The third-order valence-electron chi connectivity index (χ3n) is 7.61. The molecule has 6 nitrogen and oxygen atoms in total. The number of pyridine rings is 2. The second-order valence-corrected chi connectivity index (χ2v) is 10.8. The van der Waals surface area contributed by atoms with E-state index in [-0.39, 0.29) is 24.2 Å². The van der Waals surface area contributed by atoms with Crippen molar-refractivity contribution in [3.63, 3.8) is 0 Å². The molecule has 0 saturated carbocycles. The quantitative estimate of drug-likeness (QED) is 0.192. The molecule has 7 rings (SSSR count). The van der Waals surface area contributed by atoms with Crippen molar-refractivity contribution in [1.29, 1.82) is 0 Å². The summed E-state index contributed by atoms with van der Waals surface area (Å²) in [6.07, 6.45) is 7.70. The number of rotatable bonds is 6. The Hall–Kier alpha value is -5.56. The van der Waals surface area contributed by atoms with E-state index in [1.54, 1.807) is 24.5 Å². The van der Waals surface area contributed by atoms with Crippen LogP contribution >= 0.6 is 0 Å². The molecule has 1 atom stereocenters. The SMILES string of the molecule is CC1C=C(c2cc3c(-c4cccc(F)c4)cccc3[nH]2)c2cc(-c3cncc(NC(=O)Cc4ccccc4)c3)cnc2N1. The highest BCUT2D eigenvalue weighted by atomic mass is 19.1. The topological polar surface area (TPSA) is 82.7 Å². The molecule has 3 aromatic heterocycles. The molecule has 4 heterocycles. The number of aromatic amines is 1. The molecule has 1 unspecified atom stereocenters. The van der Waals surface area contributed by atoms with Crippen LogP contribution in [-0.2, 0) is 11.2 Å². The lowest BCUT2D eigenvalue weighted by Gasteiger charge is -2.23. The summed E-state index contributed by atoms with van der Waals surface area (Å²) in [7, 11) is 0. The van der Waals surface area contributed by atoms with Gasteiger partial charge in [-0.1, -0.05) is 60.7 Å². The molecule has 0 bridgehead atoms. The van der Waals surface area contributed by atoms with Crippen LogP contribution < -0.4 is 10.6 Å². The van der Waals surface area contributed by atoms with Crippen LogP contribution in [0.5, 0.6) is 0 Å². The van der Waals surface area contributed by atoms with E-state index in [4.69, 9.17) is 4.98 Å². The first-order valence-corrected chi connectivity index (χ1v) is 14.2. The molecule has 43 heavy (non-hydrogen) atoms. The maximum atomic E-state index is 14.1. The van der Waals surface area contributed by atoms with Crippen molar-refractivity contribution < 1.29 is 9.18 Å². The Morgan fingerprint density at radius 3 is 2.56 bits per heavy atom. The summed E-state index contributed by atoms with van der Waals surface area (Å²) in [5, 5.41) is 7.44. The zero-order valence-corrected chi connectivity index (χ0v) is 23.4. The predicted molar refractivity (Wildman–Crippen MR) is 170 cm³/mol. The van der Waals surface area contributed by atoms with Gasteiger partial charge in [-0.25, -0.2) is 9.37 Å². The first kappa shape index (κ1) is 26.3. The van der Waals surface area contributed by atoms with E-state index in [1.165, 1.54) is 6.07 Å². The Morgan fingerprint density at radius 2 is 1.70 bits per heavy atom. The number of carbonyl (C=O) groups is 1. The lowest BCUT2D eigenvalue weighted by molar-refractivity contribution is -0.115. The molecule has 0 spiro atoms. The maximum absolute atomic E-state index is 14.1. The van der Waals surface area contributed by atoms with Gasteiger partial charge in [0.1, 0.15) is 11.6 Å². The fourth-order valence-corrected chi connectivity index (χ4v) is 5.64. The van der Waals surface area contributed by atoms with Crippen molar-refractivity contribution in [3.05, 3.63) is 138 Å². The lowest BCUT2D eigenvalue weighted by Crippen LogP contribution is -2.19. The number of fused-ring (bicyclic) bond motifs is 2. The number of nitrogens with one attached hydrogen (secondary N) is 3. The fourth-order valence-electron chi connectivity index (χ4n) is 5.64. The number of amides is 1. The van der Waals surface area contributed by atoms with Crippen LogP contribution in [0.3, 0.4) is 0 Å². The molecule has 210 valence electrons. The Morgan fingerprint density at radius 1 is 0.860 bits per heavy atom. The Labute approximate surface area is 248 Å². The van der Waals surface area contributed by atoms with Gasteiger partial charge in [-0.2, -0.15) is 0 Å². The number of hydrogen-bond acceptors (Lipinski definition) is 4. The molecular formula is C36H28FN5O. The average Bonchev–Trinajstić information content (AvgIpc) is 3.45. The number of nitrogens with zero attached hydrogens (tertiary/aromatic N) is 2. The van der Waals surface area contributed by atoms with Crippen LogP contribution in [0.15, 0.2) is 116 Å². The standard InChI is InChI=1S/C36H28FN5O/c1-22-13-30(34-18-31-29(11-6-12-33(31)42-34)24-9-5-10-27(37)15-24)32-17-26(20-39-36(32)40-22)25-16-28(21-38-19-25)41-35(43)14-23-7-3-2-4-8-23/h2-13,15-22,42H,14H2,1H3,(H,39,40)(H,41,43). The van der Waals surface area contributed by atoms with Crippen LogP contribution in [-0.4, -0.2) is 26.9 Å². The molecule has 1 aliphatic rings. The first-order chi connectivity index (χ1) is 21.0. The minimum Gasteiger partial charge on any atom is -0.364 e. The van der Waals surface area contributed by atoms with Crippen LogP contribution in [0.25, 0.3) is 38.7 Å². The number of anilines is 2. The van der Waals surface area contributed by atoms with E-state index >= 15 is 0 Å². The minimum atomic E-state index is -0.262. The zero-order valence-electron chi connectivity index (χ0n) is 23.4. The van der Waals surface area contributed by atoms with E-state index in [0.29, 0.717) is 5.69 Å². The summed E-state index contributed by atoms with van der Waals surface area (Å²) in [6, 6.07) is 28.5. The second-order valence-electron chi connectivity index (χ2n) is 10.8. The third-order valence-corrected chi connectivity index (χ3v) is 7.61. The number of halogens is 1. The molecule has 1 amide bonds. The number of hydrogen-bond donors (Lipinski definition) is 3. The zero-order chi connectivity index (χ0) is 29.3. The van der Waals surface area contributed by atoms with Crippen molar-refractivity contribution in [2.45, 2.75) is 19.4 Å². The van der Waals surface area contributed by atoms with Gasteiger partial charge in [0.2, 0.25) is 5.91 Å². The second kappa shape index (κ2) is 11.0. The number of aromatic nitrogens is 3. The highest BCUT2D eigenvalue weighted by Crippen LogP contribution is 2.38. The monoisotopic (exact) mass is 565 g/mol. The highest BCUT2D eigenvalue weighted by molar-refractivity contribution is 6.00. The van der Waals surface area contributed by atoms with Crippen molar-refractivity contribution in [1.82, 2.24) is 15.0 Å². The molecule has 0 aliphatic carbocycles. The molecule has 3 aromatic carbocycles. The third kappa shape index (κ3) is 5.40. The average molecular weight is 566 g/mol. The van der Waals surface area contributed by atoms with Gasteiger partial charge in [-0.05, 0) is 60.0 Å². The summed E-state index contributed by atoms with van der Waals surface area (Å²) >= 11 is 0. The fraction of sp³-hybridized carbons (Fsp3) is 0.0833. The molecule has 0 saturated heterocycles. The summed E-state index contributed by atoms with van der Waals surface area (Å²) in [6.45, 7) is 2.09. The van der Waals surface area contributed by atoms with E-state index in [9.17, 15) is 9.18 Å². The van der Waals surface area contributed by atoms with Gasteiger partial charge >= 0.3 is 0 Å². The summed E-state index contributed by atoms with van der Waals surface area (Å²) in [4.78, 5) is 25.4. The van der Waals surface area contributed by atoms with Gasteiger partial charge in [-0.15, -0.1) is 0 Å². The Balaban J connectivity index is 1.22. The molecular weight excluding hydrogens is 537 g/mol. The van der Waals surface area contributed by atoms with E-state index in [0.717, 1.165) is 61.4 Å². The number of benzene rings is 3. The highest BCUT2D eigenvalue weighted by Gasteiger charge is 2.22. The predicted octanol–water partition coefficient (Wildman–Crippen LogP) is 7.86. The van der Waals surface area contributed by atoms with Crippen LogP contribution in [0.4, 0.5) is 15.9 Å². The number of H-pyrrole nitrogens is 1. The smallest absolute Gasteiger partial charge is 0.228 e. The van der Waals surface area contributed by atoms with Gasteiger partial charge in [0.15, 0.2) is 0 Å². The van der Waals surface area contributed by atoms with Gasteiger partial charge in [0, 0.05) is 57.3 Å². The van der Waals surface area contributed by atoms with Crippen LogP contribution in [0, 0.1) is 5.82 Å². The summed E-state index contributed by atoms with van der Waals surface area (Å²) in [5.41, 5.74) is 8.99. The van der Waals surface area contributed by atoms with E-state index in [2.05, 4.69) is 45.7 Å². The normalized spacial score (nSPS) is 14.1. The lowest BCUT2D eigenvalue weighted by atomic mass is 9.94. The molecule has 1 aliphatic heterocycles. The van der Waals surface area contributed by atoms with Gasteiger partial charge in [0.25, 0.3) is 0 Å². The van der Waals surface area contributed by atoms with Gasteiger partial charge in [-0.3, -0.25) is 9.78 Å². The van der Waals surface area contributed by atoms with Crippen molar-refractivity contribution in [2.75, 3.05) is 10.6 Å². The Kier molecular flexibility index (Phi) is 6.75.